The Kier molecular flexibility index (Phi) is 5.42. The van der Waals surface area contributed by atoms with Crippen molar-refractivity contribution in [2.24, 2.45) is 5.73 Å². The van der Waals surface area contributed by atoms with Crippen LogP contribution >= 0.6 is 0 Å². The summed E-state index contributed by atoms with van der Waals surface area (Å²) < 4.78 is 0. The van der Waals surface area contributed by atoms with Crippen LogP contribution in [0.4, 0.5) is 17.3 Å². The van der Waals surface area contributed by atoms with E-state index in [4.69, 9.17) is 11.0 Å². The van der Waals surface area contributed by atoms with Gasteiger partial charge in [0.2, 0.25) is 0 Å². The lowest BCUT2D eigenvalue weighted by molar-refractivity contribution is 0.0938. The molecule has 2 aromatic rings. The maximum absolute atomic E-state index is 12.4. The average molecular weight is 367 g/mol. The highest BCUT2D eigenvalue weighted by atomic mass is 16.2. The van der Waals surface area contributed by atoms with Gasteiger partial charge in [0.25, 0.3) is 5.91 Å². The minimum atomic E-state index is -0.298. The molecule has 1 aliphatic rings. The Morgan fingerprint density at radius 2 is 2.04 bits per heavy atom. The molecule has 1 aliphatic carbocycles. The molecule has 2 heterocycles. The Morgan fingerprint density at radius 1 is 1.26 bits per heavy atom. The molecule has 1 fully saturated rings. The zero-order chi connectivity index (χ0) is 19.4. The average Bonchev–Trinajstić information content (AvgIpc) is 2.60. The standard InChI is InChI=1S/C17H21N9O/c1-9(2)22-17(27)16-13(23-11-3-10(19)4-11)5-14(25-26-16)24-15-8-20-12(6-18)7-21-15/h5,7-11H,3-4,19H2,1-2H3,(H,22,27)(H2,21,23,24,25). The Hall–Kier alpha value is -3.32. The first kappa shape index (κ1) is 18.5. The summed E-state index contributed by atoms with van der Waals surface area (Å²) >= 11 is 0. The molecule has 10 nitrogen and oxygen atoms in total. The largest absolute Gasteiger partial charge is 0.380 e. The summed E-state index contributed by atoms with van der Waals surface area (Å²) in [6.45, 7) is 3.76. The molecule has 0 unspecified atom stereocenters. The number of hydrogen-bond acceptors (Lipinski definition) is 9. The second-order valence-electron chi connectivity index (χ2n) is 6.72. The van der Waals surface area contributed by atoms with Crippen molar-refractivity contribution in [2.45, 2.75) is 44.8 Å². The van der Waals surface area contributed by atoms with E-state index < -0.39 is 0 Å². The third-order valence-electron chi connectivity index (χ3n) is 3.99. The van der Waals surface area contributed by atoms with E-state index >= 15 is 0 Å². The molecule has 0 spiro atoms. The van der Waals surface area contributed by atoms with Gasteiger partial charge in [-0.25, -0.2) is 9.97 Å². The van der Waals surface area contributed by atoms with Crippen molar-refractivity contribution < 1.29 is 4.79 Å². The first-order valence-electron chi connectivity index (χ1n) is 8.64. The molecule has 0 aromatic carbocycles. The van der Waals surface area contributed by atoms with Crippen LogP contribution in [0.5, 0.6) is 0 Å². The lowest BCUT2D eigenvalue weighted by atomic mass is 9.87. The maximum Gasteiger partial charge on any atom is 0.274 e. The van der Waals surface area contributed by atoms with Crippen LogP contribution in [0, 0.1) is 11.3 Å². The van der Waals surface area contributed by atoms with Gasteiger partial charge < -0.3 is 21.7 Å². The maximum atomic E-state index is 12.4. The van der Waals surface area contributed by atoms with E-state index in [9.17, 15) is 4.79 Å². The Balaban J connectivity index is 1.82. The number of nitrogens with two attached hydrogens (primary N) is 1. The van der Waals surface area contributed by atoms with E-state index in [0.717, 1.165) is 12.8 Å². The molecule has 0 radical (unpaired) electrons. The highest BCUT2D eigenvalue weighted by Crippen LogP contribution is 2.26. The van der Waals surface area contributed by atoms with Gasteiger partial charge >= 0.3 is 0 Å². The van der Waals surface area contributed by atoms with Crippen LogP contribution in [0.2, 0.25) is 0 Å². The van der Waals surface area contributed by atoms with Crippen LogP contribution in [-0.2, 0) is 0 Å². The number of nitrogens with zero attached hydrogens (tertiary/aromatic N) is 5. The molecular formula is C17H21N9O. The lowest BCUT2D eigenvalue weighted by Crippen LogP contribution is -2.45. The predicted octanol–water partition coefficient (Wildman–Crippen LogP) is 0.922. The lowest BCUT2D eigenvalue weighted by Gasteiger charge is -2.34. The number of carbonyl (C=O) groups is 1. The molecular weight excluding hydrogens is 346 g/mol. The fourth-order valence-corrected chi connectivity index (χ4v) is 2.64. The third-order valence-corrected chi connectivity index (χ3v) is 3.99. The van der Waals surface area contributed by atoms with Gasteiger partial charge in [-0.05, 0) is 26.7 Å². The molecule has 5 N–H and O–H groups in total. The summed E-state index contributed by atoms with van der Waals surface area (Å²) in [6, 6.07) is 3.96. The molecule has 10 heteroatoms. The first-order valence-corrected chi connectivity index (χ1v) is 8.64. The summed E-state index contributed by atoms with van der Waals surface area (Å²) in [4.78, 5) is 20.5. The smallest absolute Gasteiger partial charge is 0.274 e. The highest BCUT2D eigenvalue weighted by Gasteiger charge is 2.27. The summed E-state index contributed by atoms with van der Waals surface area (Å²) in [5.41, 5.74) is 6.86. The second kappa shape index (κ2) is 7.92. The number of nitriles is 1. The van der Waals surface area contributed by atoms with Gasteiger partial charge in [-0.15, -0.1) is 10.2 Å². The van der Waals surface area contributed by atoms with Crippen molar-refractivity contribution in [2.75, 3.05) is 10.6 Å². The van der Waals surface area contributed by atoms with Gasteiger partial charge in [0, 0.05) is 24.2 Å². The summed E-state index contributed by atoms with van der Waals surface area (Å²) in [6.07, 6.45) is 4.45. The van der Waals surface area contributed by atoms with E-state index in [1.54, 1.807) is 6.07 Å². The van der Waals surface area contributed by atoms with E-state index in [2.05, 4.69) is 36.1 Å². The van der Waals surface area contributed by atoms with E-state index in [1.165, 1.54) is 12.4 Å². The van der Waals surface area contributed by atoms with Gasteiger partial charge in [0.05, 0.1) is 18.1 Å². The van der Waals surface area contributed by atoms with Crippen molar-refractivity contribution in [1.82, 2.24) is 25.5 Å². The molecule has 0 atom stereocenters. The molecule has 140 valence electrons. The number of amides is 1. The monoisotopic (exact) mass is 367 g/mol. The zero-order valence-corrected chi connectivity index (χ0v) is 15.1. The normalized spacial score (nSPS) is 18.3. The van der Waals surface area contributed by atoms with Crippen LogP contribution in [0.15, 0.2) is 18.5 Å². The summed E-state index contributed by atoms with van der Waals surface area (Å²) in [7, 11) is 0. The van der Waals surface area contributed by atoms with Crippen LogP contribution in [0.25, 0.3) is 0 Å². The zero-order valence-electron chi connectivity index (χ0n) is 15.1. The number of nitrogens with one attached hydrogen (secondary N) is 3. The number of aromatic nitrogens is 4. The number of rotatable bonds is 6. The fraction of sp³-hybridized carbons (Fsp3) is 0.412. The van der Waals surface area contributed by atoms with E-state index in [0.29, 0.717) is 17.3 Å². The van der Waals surface area contributed by atoms with Gasteiger partial charge in [0.15, 0.2) is 17.2 Å². The molecule has 27 heavy (non-hydrogen) atoms. The topological polar surface area (TPSA) is 155 Å². The molecule has 0 bridgehead atoms. The van der Waals surface area contributed by atoms with Crippen molar-refractivity contribution in [3.05, 3.63) is 29.8 Å². The van der Waals surface area contributed by atoms with Crippen molar-refractivity contribution in [3.8, 4) is 6.07 Å². The summed E-state index contributed by atoms with van der Waals surface area (Å²) in [5, 5.41) is 26.0. The molecule has 1 saturated carbocycles. The third kappa shape index (κ3) is 4.65. The van der Waals surface area contributed by atoms with Crippen LogP contribution in [0.1, 0.15) is 42.9 Å². The van der Waals surface area contributed by atoms with Crippen molar-refractivity contribution in [1.29, 1.82) is 5.26 Å². The summed E-state index contributed by atoms with van der Waals surface area (Å²) in [5.74, 6) is 0.522. The molecule has 1 amide bonds. The Morgan fingerprint density at radius 3 is 2.63 bits per heavy atom. The van der Waals surface area contributed by atoms with Crippen LogP contribution in [0.3, 0.4) is 0 Å². The van der Waals surface area contributed by atoms with E-state index in [-0.39, 0.29) is 35.4 Å². The number of hydrogen-bond donors (Lipinski definition) is 4. The van der Waals surface area contributed by atoms with Crippen molar-refractivity contribution in [3.63, 3.8) is 0 Å². The second-order valence-corrected chi connectivity index (χ2v) is 6.72. The minimum Gasteiger partial charge on any atom is -0.380 e. The van der Waals surface area contributed by atoms with Crippen LogP contribution in [-0.4, -0.2) is 44.2 Å². The molecule has 0 saturated heterocycles. The fourth-order valence-electron chi connectivity index (χ4n) is 2.64. The van der Waals surface area contributed by atoms with Gasteiger partial charge in [-0.3, -0.25) is 4.79 Å². The Labute approximate surface area is 156 Å². The van der Waals surface area contributed by atoms with Gasteiger partial charge in [-0.2, -0.15) is 5.26 Å². The first-order chi connectivity index (χ1) is 12.9. The van der Waals surface area contributed by atoms with Crippen molar-refractivity contribution >= 4 is 23.2 Å². The number of carbonyl (C=O) groups excluding carboxylic acids is 1. The predicted molar refractivity (Wildman–Crippen MR) is 99.3 cm³/mol. The SMILES string of the molecule is CC(C)NC(=O)c1nnc(Nc2cnc(C#N)cn2)cc1NC1CC(N)C1. The molecule has 3 rings (SSSR count). The Bertz CT molecular complexity index is 854. The quantitative estimate of drug-likeness (QED) is 0.583. The molecule has 2 aromatic heterocycles. The molecule has 0 aliphatic heterocycles. The number of anilines is 3. The van der Waals surface area contributed by atoms with Gasteiger partial charge in [-0.1, -0.05) is 0 Å². The van der Waals surface area contributed by atoms with E-state index in [1.807, 2.05) is 19.9 Å². The minimum absolute atomic E-state index is 0.0176. The van der Waals surface area contributed by atoms with Gasteiger partial charge in [0.1, 0.15) is 11.9 Å². The highest BCUT2D eigenvalue weighted by molar-refractivity contribution is 5.98. The van der Waals surface area contributed by atoms with Crippen LogP contribution < -0.4 is 21.7 Å².